The number of nitrogens with one attached hydrogen (secondary N) is 1. The van der Waals surface area contributed by atoms with Gasteiger partial charge in [-0.3, -0.25) is 13.8 Å². The second-order valence-corrected chi connectivity index (χ2v) is 28.1. The van der Waals surface area contributed by atoms with Gasteiger partial charge in [-0.1, -0.05) is 372 Å². The van der Waals surface area contributed by atoms with E-state index in [2.05, 4.69) is 31.3 Å². The van der Waals surface area contributed by atoms with Crippen LogP contribution < -0.4 is 5.32 Å². The molecule has 82 heavy (non-hydrogen) atoms. The molecule has 0 aliphatic heterocycles. The molecule has 0 aliphatic rings. The number of quaternary nitrogens is 1. The molecule has 0 fully saturated rings. The quantitative estimate of drug-likeness (QED) is 0.0243. The Balaban J connectivity index is 3.88. The fourth-order valence-electron chi connectivity index (χ4n) is 11.5. The number of aliphatic hydroxyl groups is 1. The van der Waals surface area contributed by atoms with Crippen LogP contribution in [0.4, 0.5) is 0 Å². The summed E-state index contributed by atoms with van der Waals surface area (Å²) in [6.45, 7) is 4.85. The Kier molecular flexibility index (Phi) is 63.7. The molecule has 0 rings (SSSR count). The minimum absolute atomic E-state index is 0.0590. The maximum atomic E-state index is 13.0. The fourth-order valence-corrected chi connectivity index (χ4v) is 12.2. The third kappa shape index (κ3) is 66.5. The van der Waals surface area contributed by atoms with Crippen LogP contribution in [0.2, 0.25) is 0 Å². The van der Waals surface area contributed by atoms with Crippen molar-refractivity contribution < 1.29 is 32.9 Å². The van der Waals surface area contributed by atoms with Crippen molar-refractivity contribution in [2.75, 3.05) is 40.9 Å². The van der Waals surface area contributed by atoms with E-state index < -0.39 is 20.0 Å². The van der Waals surface area contributed by atoms with Gasteiger partial charge in [0.15, 0.2) is 0 Å². The van der Waals surface area contributed by atoms with E-state index in [4.69, 9.17) is 9.05 Å². The van der Waals surface area contributed by atoms with Gasteiger partial charge in [-0.05, 0) is 32.1 Å². The second-order valence-electron chi connectivity index (χ2n) is 26.7. The van der Waals surface area contributed by atoms with Crippen molar-refractivity contribution >= 4 is 13.7 Å². The van der Waals surface area contributed by atoms with Crippen molar-refractivity contribution in [3.8, 4) is 0 Å². The average Bonchev–Trinajstić information content (AvgIpc) is 3.47. The Morgan fingerprint density at radius 2 is 0.671 bits per heavy atom. The number of amides is 1. The molecule has 3 unspecified atom stereocenters. The average molecular weight is 1180 g/mol. The summed E-state index contributed by atoms with van der Waals surface area (Å²) in [4.78, 5) is 23.4. The summed E-state index contributed by atoms with van der Waals surface area (Å²) in [5.41, 5.74) is 0. The number of aliphatic hydroxyl groups excluding tert-OH is 1. The maximum absolute atomic E-state index is 13.0. The van der Waals surface area contributed by atoms with Gasteiger partial charge in [0, 0.05) is 6.42 Å². The van der Waals surface area contributed by atoms with Gasteiger partial charge in [-0.2, -0.15) is 0 Å². The van der Waals surface area contributed by atoms with E-state index in [1.54, 1.807) is 6.08 Å². The van der Waals surface area contributed by atoms with Crippen molar-refractivity contribution in [1.82, 2.24) is 5.32 Å². The largest absolute Gasteiger partial charge is 0.472 e. The van der Waals surface area contributed by atoms with E-state index in [9.17, 15) is 19.4 Å². The van der Waals surface area contributed by atoms with Crippen molar-refractivity contribution in [1.29, 1.82) is 0 Å². The van der Waals surface area contributed by atoms with Crippen LogP contribution in [0.1, 0.15) is 386 Å². The summed E-state index contributed by atoms with van der Waals surface area (Å²) >= 11 is 0. The van der Waals surface area contributed by atoms with Crippen LogP contribution in [0.15, 0.2) is 24.3 Å². The number of carbonyl (C=O) groups is 1. The van der Waals surface area contributed by atoms with Crippen molar-refractivity contribution in [2.45, 2.75) is 398 Å². The lowest BCUT2D eigenvalue weighted by molar-refractivity contribution is -0.870. The zero-order valence-electron chi connectivity index (χ0n) is 56.0. The number of hydrogen-bond acceptors (Lipinski definition) is 5. The van der Waals surface area contributed by atoms with Crippen LogP contribution in [-0.4, -0.2) is 73.4 Å². The van der Waals surface area contributed by atoms with Crippen LogP contribution in [-0.2, 0) is 18.4 Å². The fraction of sp³-hybridized carbons (Fsp3) is 0.932. The smallest absolute Gasteiger partial charge is 0.387 e. The molecule has 0 saturated heterocycles. The lowest BCUT2D eigenvalue weighted by Crippen LogP contribution is -2.45. The third-order valence-electron chi connectivity index (χ3n) is 17.2. The third-order valence-corrected chi connectivity index (χ3v) is 18.2. The zero-order chi connectivity index (χ0) is 59.8. The highest BCUT2D eigenvalue weighted by Crippen LogP contribution is 2.43. The van der Waals surface area contributed by atoms with Gasteiger partial charge < -0.3 is 19.8 Å². The molecular weight excluding hydrogens is 1030 g/mol. The number of nitrogens with zero attached hydrogens (tertiary/aromatic N) is 1. The number of unbranched alkanes of at least 4 members (excludes halogenated alkanes) is 54. The molecule has 8 nitrogen and oxygen atoms in total. The number of likely N-dealkylation sites (N-methyl/N-ethyl adjacent to an activating group) is 1. The van der Waals surface area contributed by atoms with Gasteiger partial charge in [-0.25, -0.2) is 4.57 Å². The summed E-state index contributed by atoms with van der Waals surface area (Å²) in [7, 11) is 1.57. The number of carbonyl (C=O) groups excluding carboxylic acids is 1. The van der Waals surface area contributed by atoms with Crippen LogP contribution in [0.25, 0.3) is 0 Å². The van der Waals surface area contributed by atoms with Gasteiger partial charge in [0.2, 0.25) is 5.91 Å². The Morgan fingerprint density at radius 1 is 0.402 bits per heavy atom. The minimum Gasteiger partial charge on any atom is -0.387 e. The van der Waals surface area contributed by atoms with Crippen LogP contribution in [0.3, 0.4) is 0 Å². The molecule has 0 spiro atoms. The van der Waals surface area contributed by atoms with Crippen LogP contribution >= 0.6 is 7.82 Å². The number of phosphoric acid groups is 1. The van der Waals surface area contributed by atoms with E-state index in [-0.39, 0.29) is 19.1 Å². The summed E-state index contributed by atoms with van der Waals surface area (Å²) in [5, 5.41) is 14.0. The topological polar surface area (TPSA) is 105 Å². The molecule has 0 aromatic heterocycles. The summed E-state index contributed by atoms with van der Waals surface area (Å²) in [5.74, 6) is -0.178. The van der Waals surface area contributed by atoms with Crippen molar-refractivity contribution in [2.24, 2.45) is 0 Å². The van der Waals surface area contributed by atoms with E-state index in [0.717, 1.165) is 38.5 Å². The predicted molar refractivity (Wildman–Crippen MR) is 360 cm³/mol. The molecule has 0 aromatic rings. The van der Waals surface area contributed by atoms with E-state index in [1.807, 2.05) is 27.2 Å². The normalized spacial score (nSPS) is 13.7. The summed E-state index contributed by atoms with van der Waals surface area (Å²) < 4.78 is 23.8. The predicted octanol–water partition coefficient (Wildman–Crippen LogP) is 23.4. The number of hydrogen-bond donors (Lipinski definition) is 3. The van der Waals surface area contributed by atoms with Gasteiger partial charge >= 0.3 is 7.82 Å². The SMILES string of the molecule is CCCCCCCCCCCCCCC/C=C/CC/C=C/C(O)C(COP(=O)(O)OCC[N+](C)(C)C)NC(=O)CCCCCCCCCCCCCCCCCCCCCCCCCCCCCCCCCCCCCCCCCCC. The first-order chi connectivity index (χ1) is 40.0. The Morgan fingerprint density at radius 3 is 0.976 bits per heavy atom. The lowest BCUT2D eigenvalue weighted by Gasteiger charge is -2.25. The molecule has 0 heterocycles. The lowest BCUT2D eigenvalue weighted by atomic mass is 10.0. The van der Waals surface area contributed by atoms with E-state index >= 15 is 0 Å². The number of rotatable bonds is 69. The van der Waals surface area contributed by atoms with Gasteiger partial charge in [0.1, 0.15) is 13.2 Å². The van der Waals surface area contributed by atoms with Crippen molar-refractivity contribution in [3.05, 3.63) is 24.3 Å². The Bertz CT molecular complexity index is 1390. The molecule has 488 valence electrons. The summed E-state index contributed by atoms with van der Waals surface area (Å²) in [6, 6.07) is -0.861. The van der Waals surface area contributed by atoms with Crippen molar-refractivity contribution in [3.63, 3.8) is 0 Å². The molecule has 1 amide bonds. The minimum atomic E-state index is -4.36. The molecule has 3 N–H and O–H groups in total. The molecule has 9 heteroatoms. The Labute approximate surface area is 513 Å². The van der Waals surface area contributed by atoms with Gasteiger partial charge in [0.05, 0.1) is 39.9 Å². The first kappa shape index (κ1) is 81.0. The molecule has 0 aliphatic carbocycles. The maximum Gasteiger partial charge on any atom is 0.472 e. The molecular formula is C73H146N2O6P+. The summed E-state index contributed by atoms with van der Waals surface area (Å²) in [6.07, 6.45) is 85.1. The highest BCUT2D eigenvalue weighted by atomic mass is 31.2. The van der Waals surface area contributed by atoms with Gasteiger partial charge in [0.25, 0.3) is 0 Å². The van der Waals surface area contributed by atoms with Crippen LogP contribution in [0.5, 0.6) is 0 Å². The Hall–Kier alpha value is -1.02. The van der Waals surface area contributed by atoms with E-state index in [0.29, 0.717) is 17.4 Å². The standard InChI is InChI=1S/C73H145N2O6P/c1-6-8-10-12-14-16-18-20-22-24-26-27-28-29-30-31-32-33-34-35-36-37-38-39-40-41-42-43-44-45-46-47-49-51-53-55-57-59-61-63-65-67-73(77)74-71(70-81-82(78,79)80-69-68-75(3,4)5)72(76)66-64-62-60-58-56-54-52-50-48-25-23-21-19-17-15-13-11-9-7-2/h56,58,64,66,71-72,76H,6-55,57,59-63,65,67-70H2,1-5H3,(H-,74,77,78,79)/p+1/b58-56+,66-64+. The molecule has 0 bridgehead atoms. The molecule has 0 radical (unpaired) electrons. The van der Waals surface area contributed by atoms with E-state index in [1.165, 1.54) is 327 Å². The zero-order valence-corrected chi connectivity index (χ0v) is 56.9. The monoisotopic (exact) mass is 1180 g/mol. The van der Waals surface area contributed by atoms with Crippen LogP contribution in [0, 0.1) is 0 Å². The highest BCUT2D eigenvalue weighted by molar-refractivity contribution is 7.47. The molecule has 0 saturated carbocycles. The first-order valence-corrected chi connectivity index (χ1v) is 38.2. The molecule has 0 aromatic carbocycles. The number of allylic oxidation sites excluding steroid dienone is 3. The number of phosphoric ester groups is 1. The second kappa shape index (κ2) is 64.5. The van der Waals surface area contributed by atoms with Gasteiger partial charge in [-0.15, -0.1) is 0 Å². The molecule has 3 atom stereocenters. The highest BCUT2D eigenvalue weighted by Gasteiger charge is 2.28. The first-order valence-electron chi connectivity index (χ1n) is 36.7.